The second kappa shape index (κ2) is 5.00. The lowest BCUT2D eigenvalue weighted by atomic mass is 10.0. The lowest BCUT2D eigenvalue weighted by molar-refractivity contribution is 0.0697. The number of benzene rings is 1. The highest BCUT2D eigenvalue weighted by Gasteiger charge is 2.15. The standard InChI is InChI=1S/C13H13FN2O2/c1-2-7-16-12(5-6-15-16)10-4-3-9(14)8-11(10)13(17)18/h3-6,8H,2,7H2,1H3,(H,17,18). The third-order valence-corrected chi connectivity index (χ3v) is 2.64. The third-order valence-electron chi connectivity index (χ3n) is 2.64. The summed E-state index contributed by atoms with van der Waals surface area (Å²) >= 11 is 0. The van der Waals surface area contributed by atoms with E-state index in [-0.39, 0.29) is 5.56 Å². The minimum atomic E-state index is -1.14. The predicted molar refractivity (Wildman–Crippen MR) is 64.9 cm³/mol. The molecule has 0 saturated carbocycles. The van der Waals surface area contributed by atoms with E-state index in [1.165, 1.54) is 12.1 Å². The van der Waals surface area contributed by atoms with Crippen LogP contribution in [0.15, 0.2) is 30.5 Å². The second-order valence-electron chi connectivity index (χ2n) is 3.93. The Morgan fingerprint density at radius 2 is 2.22 bits per heavy atom. The molecule has 1 heterocycles. The average Bonchev–Trinajstić information content (AvgIpc) is 2.77. The van der Waals surface area contributed by atoms with Gasteiger partial charge in [-0.25, -0.2) is 9.18 Å². The number of hydrogen-bond donors (Lipinski definition) is 1. The molecule has 2 rings (SSSR count). The SMILES string of the molecule is CCCn1nccc1-c1ccc(F)cc1C(=O)O. The Bertz CT molecular complexity index is 578. The van der Waals surface area contributed by atoms with Crippen LogP contribution in [0.1, 0.15) is 23.7 Å². The van der Waals surface area contributed by atoms with Gasteiger partial charge < -0.3 is 5.11 Å². The molecular formula is C13H13FN2O2. The van der Waals surface area contributed by atoms with Crippen molar-refractivity contribution < 1.29 is 14.3 Å². The van der Waals surface area contributed by atoms with Crippen LogP contribution < -0.4 is 0 Å². The van der Waals surface area contributed by atoms with Crippen molar-refractivity contribution in [2.24, 2.45) is 0 Å². The molecule has 0 fully saturated rings. The summed E-state index contributed by atoms with van der Waals surface area (Å²) in [6.45, 7) is 2.70. The second-order valence-corrected chi connectivity index (χ2v) is 3.93. The number of rotatable bonds is 4. The zero-order valence-electron chi connectivity index (χ0n) is 9.93. The maximum Gasteiger partial charge on any atom is 0.336 e. The predicted octanol–water partition coefficient (Wildman–Crippen LogP) is 2.80. The Morgan fingerprint density at radius 3 is 2.89 bits per heavy atom. The number of carbonyl (C=O) groups is 1. The first-order valence-corrected chi connectivity index (χ1v) is 5.68. The summed E-state index contributed by atoms with van der Waals surface area (Å²) in [6.07, 6.45) is 2.50. The maximum atomic E-state index is 13.1. The highest BCUT2D eigenvalue weighted by Crippen LogP contribution is 2.24. The molecule has 0 amide bonds. The number of aromatic carboxylic acids is 1. The number of carboxylic acid groups (broad SMARTS) is 1. The lowest BCUT2D eigenvalue weighted by Gasteiger charge is -2.09. The fraction of sp³-hybridized carbons (Fsp3) is 0.231. The van der Waals surface area contributed by atoms with Crippen molar-refractivity contribution in [3.63, 3.8) is 0 Å². The van der Waals surface area contributed by atoms with Gasteiger partial charge >= 0.3 is 5.97 Å². The van der Waals surface area contributed by atoms with Crippen LogP contribution in [0, 0.1) is 5.82 Å². The van der Waals surface area contributed by atoms with Gasteiger partial charge in [0.15, 0.2) is 0 Å². The number of aryl methyl sites for hydroxylation is 1. The number of nitrogens with zero attached hydrogens (tertiary/aromatic N) is 2. The molecule has 0 spiro atoms. The maximum absolute atomic E-state index is 13.1. The van der Waals surface area contributed by atoms with Crippen molar-refractivity contribution in [1.29, 1.82) is 0 Å². The fourth-order valence-electron chi connectivity index (χ4n) is 1.87. The molecule has 0 radical (unpaired) electrons. The summed E-state index contributed by atoms with van der Waals surface area (Å²) in [7, 11) is 0. The molecule has 0 unspecified atom stereocenters. The van der Waals surface area contributed by atoms with Gasteiger partial charge in [0.25, 0.3) is 0 Å². The van der Waals surface area contributed by atoms with E-state index < -0.39 is 11.8 Å². The van der Waals surface area contributed by atoms with Crippen LogP contribution in [0.5, 0.6) is 0 Å². The van der Waals surface area contributed by atoms with Gasteiger partial charge in [-0.3, -0.25) is 4.68 Å². The first kappa shape index (κ1) is 12.3. The van der Waals surface area contributed by atoms with Crippen molar-refractivity contribution in [3.05, 3.63) is 41.8 Å². The van der Waals surface area contributed by atoms with Gasteiger partial charge in [0, 0.05) is 18.3 Å². The van der Waals surface area contributed by atoms with Crippen LogP contribution in [0.25, 0.3) is 11.3 Å². The Morgan fingerprint density at radius 1 is 1.44 bits per heavy atom. The van der Waals surface area contributed by atoms with Crippen LogP contribution in [0.3, 0.4) is 0 Å². The Kier molecular flexibility index (Phi) is 3.41. The monoisotopic (exact) mass is 248 g/mol. The molecule has 4 nitrogen and oxygen atoms in total. The average molecular weight is 248 g/mol. The van der Waals surface area contributed by atoms with Crippen molar-refractivity contribution in [3.8, 4) is 11.3 Å². The van der Waals surface area contributed by atoms with E-state index in [2.05, 4.69) is 5.10 Å². The first-order chi connectivity index (χ1) is 8.63. The van der Waals surface area contributed by atoms with E-state index in [1.54, 1.807) is 16.9 Å². The minimum absolute atomic E-state index is 0.0483. The highest BCUT2D eigenvalue weighted by molar-refractivity contribution is 5.95. The van der Waals surface area contributed by atoms with Gasteiger partial charge in [-0.1, -0.05) is 6.92 Å². The molecule has 1 aromatic carbocycles. The quantitative estimate of drug-likeness (QED) is 0.905. The van der Waals surface area contributed by atoms with E-state index in [0.29, 0.717) is 17.8 Å². The van der Waals surface area contributed by atoms with Crippen molar-refractivity contribution in [2.45, 2.75) is 19.9 Å². The summed E-state index contributed by atoms with van der Waals surface area (Å²) in [5, 5.41) is 13.2. The van der Waals surface area contributed by atoms with Gasteiger partial charge in [-0.05, 0) is 30.7 Å². The number of hydrogen-bond acceptors (Lipinski definition) is 2. The minimum Gasteiger partial charge on any atom is -0.478 e. The van der Waals surface area contributed by atoms with E-state index in [9.17, 15) is 9.18 Å². The zero-order chi connectivity index (χ0) is 13.1. The third kappa shape index (κ3) is 2.25. The zero-order valence-corrected chi connectivity index (χ0v) is 9.93. The molecule has 0 aliphatic heterocycles. The molecule has 0 bridgehead atoms. The Hall–Kier alpha value is -2.17. The fourth-order valence-corrected chi connectivity index (χ4v) is 1.87. The molecule has 1 N–H and O–H groups in total. The molecule has 5 heteroatoms. The molecule has 0 atom stereocenters. The summed E-state index contributed by atoms with van der Waals surface area (Å²) in [5.74, 6) is -1.70. The van der Waals surface area contributed by atoms with Crippen LogP contribution in [0.4, 0.5) is 4.39 Å². The summed E-state index contributed by atoms with van der Waals surface area (Å²) in [4.78, 5) is 11.1. The topological polar surface area (TPSA) is 55.1 Å². The molecular weight excluding hydrogens is 235 g/mol. The van der Waals surface area contributed by atoms with Crippen LogP contribution in [-0.2, 0) is 6.54 Å². The van der Waals surface area contributed by atoms with Gasteiger partial charge in [0.1, 0.15) is 5.82 Å². The molecule has 18 heavy (non-hydrogen) atoms. The number of aromatic nitrogens is 2. The van der Waals surface area contributed by atoms with E-state index >= 15 is 0 Å². The van der Waals surface area contributed by atoms with E-state index in [4.69, 9.17) is 5.11 Å². The van der Waals surface area contributed by atoms with Gasteiger partial charge in [-0.2, -0.15) is 5.10 Å². The van der Waals surface area contributed by atoms with Gasteiger partial charge in [-0.15, -0.1) is 0 Å². The Labute approximate surface area is 104 Å². The molecule has 0 saturated heterocycles. The summed E-state index contributed by atoms with van der Waals surface area (Å²) in [5.41, 5.74) is 1.12. The molecule has 2 aromatic rings. The lowest BCUT2D eigenvalue weighted by Crippen LogP contribution is -2.05. The number of carboxylic acids is 1. The van der Waals surface area contributed by atoms with Crippen LogP contribution >= 0.6 is 0 Å². The molecule has 0 aliphatic carbocycles. The normalized spacial score (nSPS) is 10.6. The molecule has 0 aliphatic rings. The van der Waals surface area contributed by atoms with E-state index in [0.717, 1.165) is 12.5 Å². The Balaban J connectivity index is 2.56. The van der Waals surface area contributed by atoms with Gasteiger partial charge in [0.2, 0.25) is 0 Å². The largest absolute Gasteiger partial charge is 0.478 e. The van der Waals surface area contributed by atoms with E-state index in [1.807, 2.05) is 6.92 Å². The van der Waals surface area contributed by atoms with Crippen molar-refractivity contribution in [2.75, 3.05) is 0 Å². The van der Waals surface area contributed by atoms with Crippen LogP contribution in [-0.4, -0.2) is 20.9 Å². The molecule has 1 aromatic heterocycles. The number of halogens is 1. The van der Waals surface area contributed by atoms with Crippen molar-refractivity contribution in [1.82, 2.24) is 9.78 Å². The van der Waals surface area contributed by atoms with Gasteiger partial charge in [0.05, 0.1) is 11.3 Å². The first-order valence-electron chi connectivity index (χ1n) is 5.68. The smallest absolute Gasteiger partial charge is 0.336 e. The molecule has 94 valence electrons. The summed E-state index contributed by atoms with van der Waals surface area (Å²) < 4.78 is 14.8. The van der Waals surface area contributed by atoms with Crippen LogP contribution in [0.2, 0.25) is 0 Å². The highest BCUT2D eigenvalue weighted by atomic mass is 19.1. The summed E-state index contributed by atoms with van der Waals surface area (Å²) in [6, 6.07) is 5.49. The van der Waals surface area contributed by atoms with Crippen molar-refractivity contribution >= 4 is 5.97 Å².